The highest BCUT2D eigenvalue weighted by Crippen LogP contribution is 2.35. The van der Waals surface area contributed by atoms with E-state index in [0.29, 0.717) is 43.2 Å². The Morgan fingerprint density at radius 1 is 1.24 bits per heavy atom. The molecule has 1 heterocycles. The second-order valence-corrected chi connectivity index (χ2v) is 6.32. The third kappa shape index (κ3) is 4.70. The number of methoxy groups -OCH3 is 1. The van der Waals surface area contributed by atoms with Crippen molar-refractivity contribution in [3.63, 3.8) is 0 Å². The van der Waals surface area contributed by atoms with Crippen LogP contribution in [0, 0.1) is 17.8 Å². The second kappa shape index (κ2) is 7.78. The molecule has 2 rings (SSSR count). The van der Waals surface area contributed by atoms with Crippen LogP contribution in [-0.2, 0) is 14.3 Å². The third-order valence-electron chi connectivity index (χ3n) is 4.73. The van der Waals surface area contributed by atoms with E-state index in [1.54, 1.807) is 7.11 Å². The Labute approximate surface area is 127 Å². The third-order valence-corrected chi connectivity index (χ3v) is 4.73. The minimum atomic E-state index is 0.109. The fraction of sp³-hybridized carbons (Fsp3) is 0.875. The highest BCUT2D eigenvalue weighted by Gasteiger charge is 2.37. The van der Waals surface area contributed by atoms with E-state index >= 15 is 0 Å². The van der Waals surface area contributed by atoms with Gasteiger partial charge in [-0.2, -0.15) is 0 Å². The van der Waals surface area contributed by atoms with Gasteiger partial charge >= 0.3 is 0 Å². The van der Waals surface area contributed by atoms with Crippen molar-refractivity contribution in [1.29, 1.82) is 0 Å². The quantitative estimate of drug-likeness (QED) is 0.723. The Morgan fingerprint density at radius 3 is 2.62 bits per heavy atom. The summed E-state index contributed by atoms with van der Waals surface area (Å²) in [4.78, 5) is 26.1. The zero-order chi connectivity index (χ0) is 15.2. The van der Waals surface area contributed by atoms with E-state index in [0.717, 1.165) is 38.8 Å². The lowest BCUT2D eigenvalue weighted by Crippen LogP contribution is -2.45. The number of hydrogen-bond acceptors (Lipinski definition) is 3. The number of nitrogens with one attached hydrogen (secondary N) is 1. The molecule has 1 aliphatic heterocycles. The lowest BCUT2D eigenvalue weighted by atomic mass is 9.81. The Bertz CT molecular complexity index is 369. The Balaban J connectivity index is 1.78. The number of piperidine rings is 1. The zero-order valence-electron chi connectivity index (χ0n) is 13.3. The molecule has 1 N–H and O–H groups in total. The molecule has 0 aromatic carbocycles. The van der Waals surface area contributed by atoms with Crippen LogP contribution in [0.5, 0.6) is 0 Å². The van der Waals surface area contributed by atoms with Crippen LogP contribution in [0.4, 0.5) is 0 Å². The summed E-state index contributed by atoms with van der Waals surface area (Å²) in [5, 5.41) is 2.89. The van der Waals surface area contributed by atoms with Crippen LogP contribution in [0.25, 0.3) is 0 Å². The van der Waals surface area contributed by atoms with E-state index in [-0.39, 0.29) is 5.91 Å². The predicted molar refractivity (Wildman–Crippen MR) is 80.7 cm³/mol. The summed E-state index contributed by atoms with van der Waals surface area (Å²) in [6.07, 6.45) is 4.70. The smallest absolute Gasteiger partial charge is 0.225 e. The van der Waals surface area contributed by atoms with Gasteiger partial charge in [-0.05, 0) is 31.1 Å². The Hall–Kier alpha value is -1.10. The standard InChI is InChI=1S/C16H28N2O3/c1-3-12-11-18(16(20)13-4-5-13)8-6-14(12)10-15(19)17-7-9-21-2/h12-14H,3-11H2,1-2H3,(H,17,19)/t12-,14-/m0/s1. The average Bonchev–Trinajstić information content (AvgIpc) is 3.32. The monoisotopic (exact) mass is 296 g/mol. The van der Waals surface area contributed by atoms with E-state index in [1.807, 2.05) is 4.90 Å². The van der Waals surface area contributed by atoms with Gasteiger partial charge in [0.05, 0.1) is 6.61 Å². The molecule has 0 spiro atoms. The molecule has 2 amide bonds. The SMILES string of the molecule is CC[C@H]1CN(C(=O)C2CC2)CC[C@H]1CC(=O)NCCOC. The number of likely N-dealkylation sites (tertiary alicyclic amines) is 1. The van der Waals surface area contributed by atoms with E-state index in [4.69, 9.17) is 4.74 Å². The van der Waals surface area contributed by atoms with Crippen molar-refractivity contribution in [2.45, 2.75) is 39.0 Å². The van der Waals surface area contributed by atoms with Gasteiger partial charge in [-0.25, -0.2) is 0 Å². The summed E-state index contributed by atoms with van der Waals surface area (Å²) in [5.41, 5.74) is 0. The number of nitrogens with zero attached hydrogens (tertiary/aromatic N) is 1. The maximum atomic E-state index is 12.2. The number of rotatable bonds is 7. The Kier molecular flexibility index (Phi) is 6.03. The normalized spacial score (nSPS) is 25.7. The molecule has 1 saturated heterocycles. The Morgan fingerprint density at radius 2 is 2.00 bits per heavy atom. The number of ether oxygens (including phenoxy) is 1. The highest BCUT2D eigenvalue weighted by molar-refractivity contribution is 5.81. The van der Waals surface area contributed by atoms with Crippen LogP contribution in [-0.4, -0.2) is 50.1 Å². The first-order valence-electron chi connectivity index (χ1n) is 8.20. The molecule has 1 aliphatic carbocycles. The average molecular weight is 296 g/mol. The van der Waals surface area contributed by atoms with Gasteiger partial charge in [0.15, 0.2) is 0 Å². The predicted octanol–water partition coefficient (Wildman–Crippen LogP) is 1.42. The molecular formula is C16H28N2O3. The fourth-order valence-electron chi connectivity index (χ4n) is 3.20. The van der Waals surface area contributed by atoms with Crippen molar-refractivity contribution in [2.75, 3.05) is 33.4 Å². The van der Waals surface area contributed by atoms with Crippen molar-refractivity contribution >= 4 is 11.8 Å². The molecule has 2 atom stereocenters. The molecule has 120 valence electrons. The van der Waals surface area contributed by atoms with E-state index in [2.05, 4.69) is 12.2 Å². The van der Waals surface area contributed by atoms with E-state index < -0.39 is 0 Å². The van der Waals surface area contributed by atoms with Gasteiger partial charge in [-0.1, -0.05) is 13.3 Å². The largest absolute Gasteiger partial charge is 0.383 e. The molecule has 5 nitrogen and oxygen atoms in total. The zero-order valence-corrected chi connectivity index (χ0v) is 13.3. The molecule has 0 aromatic heterocycles. The number of amides is 2. The summed E-state index contributed by atoms with van der Waals surface area (Å²) < 4.78 is 4.93. The van der Waals surface area contributed by atoms with Crippen molar-refractivity contribution < 1.29 is 14.3 Å². The van der Waals surface area contributed by atoms with Gasteiger partial charge in [-0.15, -0.1) is 0 Å². The second-order valence-electron chi connectivity index (χ2n) is 6.32. The molecule has 0 radical (unpaired) electrons. The lowest BCUT2D eigenvalue weighted by Gasteiger charge is -2.38. The first-order chi connectivity index (χ1) is 10.2. The van der Waals surface area contributed by atoms with Crippen molar-refractivity contribution in [3.05, 3.63) is 0 Å². The topological polar surface area (TPSA) is 58.6 Å². The molecule has 2 aliphatic rings. The summed E-state index contributed by atoms with van der Waals surface area (Å²) >= 11 is 0. The summed E-state index contributed by atoms with van der Waals surface area (Å²) in [7, 11) is 1.63. The van der Waals surface area contributed by atoms with E-state index in [9.17, 15) is 9.59 Å². The van der Waals surface area contributed by atoms with Crippen molar-refractivity contribution in [3.8, 4) is 0 Å². The minimum absolute atomic E-state index is 0.109. The molecule has 2 fully saturated rings. The lowest BCUT2D eigenvalue weighted by molar-refractivity contribution is -0.135. The molecule has 1 saturated carbocycles. The van der Waals surface area contributed by atoms with Crippen LogP contribution in [0.1, 0.15) is 39.0 Å². The van der Waals surface area contributed by atoms with Gasteiger partial charge in [0.1, 0.15) is 0 Å². The van der Waals surface area contributed by atoms with Gasteiger partial charge in [-0.3, -0.25) is 9.59 Å². The first kappa shape index (κ1) is 16.3. The first-order valence-corrected chi connectivity index (χ1v) is 8.20. The van der Waals surface area contributed by atoms with Crippen LogP contribution in [0.3, 0.4) is 0 Å². The van der Waals surface area contributed by atoms with Gasteiger partial charge < -0.3 is 15.0 Å². The summed E-state index contributed by atoms with van der Waals surface area (Å²) in [6.45, 7) is 4.94. The van der Waals surface area contributed by atoms with Crippen LogP contribution in [0.15, 0.2) is 0 Å². The molecule has 0 aromatic rings. The van der Waals surface area contributed by atoms with Crippen molar-refractivity contribution in [1.82, 2.24) is 10.2 Å². The number of carbonyl (C=O) groups is 2. The molecular weight excluding hydrogens is 268 g/mol. The molecule has 5 heteroatoms. The molecule has 21 heavy (non-hydrogen) atoms. The van der Waals surface area contributed by atoms with Crippen LogP contribution >= 0.6 is 0 Å². The number of carbonyl (C=O) groups excluding carboxylic acids is 2. The summed E-state index contributed by atoms with van der Waals surface area (Å²) in [6, 6.07) is 0. The maximum Gasteiger partial charge on any atom is 0.225 e. The van der Waals surface area contributed by atoms with Gasteiger partial charge in [0.25, 0.3) is 0 Å². The van der Waals surface area contributed by atoms with Crippen LogP contribution in [0.2, 0.25) is 0 Å². The number of hydrogen-bond donors (Lipinski definition) is 1. The molecule has 0 unspecified atom stereocenters. The van der Waals surface area contributed by atoms with E-state index in [1.165, 1.54) is 0 Å². The van der Waals surface area contributed by atoms with Gasteiger partial charge in [0, 0.05) is 39.1 Å². The summed E-state index contributed by atoms with van der Waals surface area (Å²) in [5.74, 6) is 1.61. The van der Waals surface area contributed by atoms with Crippen molar-refractivity contribution in [2.24, 2.45) is 17.8 Å². The highest BCUT2D eigenvalue weighted by atomic mass is 16.5. The fourth-order valence-corrected chi connectivity index (χ4v) is 3.20. The molecule has 0 bridgehead atoms. The minimum Gasteiger partial charge on any atom is -0.383 e. The van der Waals surface area contributed by atoms with Crippen LogP contribution < -0.4 is 5.32 Å². The maximum absolute atomic E-state index is 12.2. The van der Waals surface area contributed by atoms with Gasteiger partial charge in [0.2, 0.25) is 11.8 Å².